The fourth-order valence-electron chi connectivity index (χ4n) is 1.79. The standard InChI is InChI=1S/C16H17FN2O3/c17-13-3-1-12(2-4-13)7-8-18-16(21)11-22-15-6-5-14(10-20)19-9-15/h1-6,9,20H,7-8,10-11H2,(H,18,21). The predicted molar refractivity (Wildman–Crippen MR) is 78.8 cm³/mol. The number of nitrogens with zero attached hydrogens (tertiary/aromatic N) is 1. The van der Waals surface area contributed by atoms with E-state index >= 15 is 0 Å². The molecule has 2 N–H and O–H groups in total. The summed E-state index contributed by atoms with van der Waals surface area (Å²) in [5, 5.41) is 11.6. The number of carbonyl (C=O) groups excluding carboxylic acids is 1. The Morgan fingerprint density at radius 2 is 2.00 bits per heavy atom. The molecule has 0 saturated heterocycles. The van der Waals surface area contributed by atoms with Crippen LogP contribution in [0.25, 0.3) is 0 Å². The number of pyridine rings is 1. The number of aliphatic hydroxyl groups excluding tert-OH is 1. The summed E-state index contributed by atoms with van der Waals surface area (Å²) in [6, 6.07) is 9.43. The number of rotatable bonds is 7. The smallest absolute Gasteiger partial charge is 0.257 e. The lowest BCUT2D eigenvalue weighted by molar-refractivity contribution is -0.123. The Hall–Kier alpha value is -2.47. The zero-order chi connectivity index (χ0) is 15.8. The summed E-state index contributed by atoms with van der Waals surface area (Å²) in [5.41, 5.74) is 1.49. The average Bonchev–Trinajstić information content (AvgIpc) is 2.55. The molecule has 0 saturated carbocycles. The second kappa shape index (κ2) is 8.09. The molecule has 1 aromatic heterocycles. The SMILES string of the molecule is O=C(COc1ccc(CO)nc1)NCCc1ccc(F)cc1. The fourth-order valence-corrected chi connectivity index (χ4v) is 1.79. The second-order valence-corrected chi connectivity index (χ2v) is 4.66. The van der Waals surface area contributed by atoms with E-state index in [0.717, 1.165) is 5.56 Å². The van der Waals surface area contributed by atoms with E-state index in [9.17, 15) is 9.18 Å². The van der Waals surface area contributed by atoms with Gasteiger partial charge in [0, 0.05) is 6.54 Å². The van der Waals surface area contributed by atoms with E-state index < -0.39 is 0 Å². The van der Waals surface area contributed by atoms with Crippen molar-refractivity contribution in [3.63, 3.8) is 0 Å². The number of nitrogens with one attached hydrogen (secondary N) is 1. The fraction of sp³-hybridized carbons (Fsp3) is 0.250. The van der Waals surface area contributed by atoms with Crippen LogP contribution in [0, 0.1) is 5.82 Å². The van der Waals surface area contributed by atoms with E-state index in [2.05, 4.69) is 10.3 Å². The van der Waals surface area contributed by atoms with E-state index in [-0.39, 0.29) is 24.9 Å². The molecule has 22 heavy (non-hydrogen) atoms. The Kier molecular flexibility index (Phi) is 5.85. The molecule has 0 aliphatic rings. The van der Waals surface area contributed by atoms with Crippen LogP contribution in [0.3, 0.4) is 0 Å². The summed E-state index contributed by atoms with van der Waals surface area (Å²) in [7, 11) is 0. The Balaban J connectivity index is 1.68. The maximum absolute atomic E-state index is 12.7. The van der Waals surface area contributed by atoms with Gasteiger partial charge in [0.05, 0.1) is 18.5 Å². The van der Waals surface area contributed by atoms with Gasteiger partial charge >= 0.3 is 0 Å². The highest BCUT2D eigenvalue weighted by atomic mass is 19.1. The van der Waals surface area contributed by atoms with Crippen molar-refractivity contribution in [3.05, 3.63) is 59.7 Å². The minimum atomic E-state index is -0.276. The van der Waals surface area contributed by atoms with Crippen LogP contribution >= 0.6 is 0 Å². The van der Waals surface area contributed by atoms with Gasteiger partial charge in [0.1, 0.15) is 11.6 Å². The quantitative estimate of drug-likeness (QED) is 0.812. The van der Waals surface area contributed by atoms with Crippen molar-refractivity contribution in [2.75, 3.05) is 13.2 Å². The van der Waals surface area contributed by atoms with Gasteiger partial charge < -0.3 is 15.2 Å². The number of hydrogen-bond acceptors (Lipinski definition) is 4. The van der Waals surface area contributed by atoms with Crippen LogP contribution in [0.1, 0.15) is 11.3 Å². The number of carbonyl (C=O) groups is 1. The molecular weight excluding hydrogens is 287 g/mol. The lowest BCUT2D eigenvalue weighted by Crippen LogP contribution is -2.30. The summed E-state index contributed by atoms with van der Waals surface area (Å²) in [6.45, 7) is 0.212. The molecule has 1 aromatic carbocycles. The van der Waals surface area contributed by atoms with Crippen molar-refractivity contribution in [2.24, 2.45) is 0 Å². The molecule has 0 fully saturated rings. The number of aromatic nitrogens is 1. The number of hydrogen-bond donors (Lipinski definition) is 2. The maximum Gasteiger partial charge on any atom is 0.257 e. The van der Waals surface area contributed by atoms with Gasteiger partial charge in [-0.1, -0.05) is 12.1 Å². The van der Waals surface area contributed by atoms with Crippen LogP contribution in [0.15, 0.2) is 42.6 Å². The molecule has 6 heteroatoms. The zero-order valence-corrected chi connectivity index (χ0v) is 12.0. The first-order valence-electron chi connectivity index (χ1n) is 6.87. The normalized spacial score (nSPS) is 10.3. The third-order valence-corrected chi connectivity index (χ3v) is 2.98. The van der Waals surface area contributed by atoms with Gasteiger partial charge in [-0.2, -0.15) is 0 Å². The Bertz CT molecular complexity index is 600. The molecule has 1 heterocycles. The van der Waals surface area contributed by atoms with Gasteiger partial charge in [-0.05, 0) is 36.2 Å². The highest BCUT2D eigenvalue weighted by Crippen LogP contribution is 2.08. The zero-order valence-electron chi connectivity index (χ0n) is 12.0. The summed E-state index contributed by atoms with van der Waals surface area (Å²) in [4.78, 5) is 15.6. The Labute approximate surface area is 127 Å². The number of halogens is 1. The highest BCUT2D eigenvalue weighted by Gasteiger charge is 2.03. The molecule has 0 spiro atoms. The molecule has 0 bridgehead atoms. The minimum absolute atomic E-state index is 0.108. The summed E-state index contributed by atoms with van der Waals surface area (Å²) in [5.74, 6) is -0.0544. The van der Waals surface area contributed by atoms with Crippen LogP contribution in [0.4, 0.5) is 4.39 Å². The molecule has 0 aliphatic carbocycles. The average molecular weight is 304 g/mol. The summed E-state index contributed by atoms with van der Waals surface area (Å²) in [6.07, 6.45) is 2.08. The van der Waals surface area contributed by atoms with Gasteiger partial charge in [0.25, 0.3) is 5.91 Å². The summed E-state index contributed by atoms with van der Waals surface area (Å²) < 4.78 is 18.0. The van der Waals surface area contributed by atoms with Gasteiger partial charge in [0.15, 0.2) is 6.61 Å². The van der Waals surface area contributed by atoms with E-state index in [1.165, 1.54) is 18.3 Å². The monoisotopic (exact) mass is 304 g/mol. The molecule has 5 nitrogen and oxygen atoms in total. The van der Waals surface area contributed by atoms with Crippen molar-refractivity contribution >= 4 is 5.91 Å². The van der Waals surface area contributed by atoms with E-state index in [0.29, 0.717) is 24.4 Å². The van der Waals surface area contributed by atoms with Gasteiger partial charge in [0.2, 0.25) is 0 Å². The molecule has 0 unspecified atom stereocenters. The first-order chi connectivity index (χ1) is 10.7. The predicted octanol–water partition coefficient (Wildman–Crippen LogP) is 1.45. The lowest BCUT2D eigenvalue weighted by atomic mass is 10.1. The molecular formula is C16H17FN2O3. The van der Waals surface area contributed by atoms with Crippen LogP contribution in [0.2, 0.25) is 0 Å². The molecule has 116 valence electrons. The molecule has 2 rings (SSSR count). The number of benzene rings is 1. The number of aliphatic hydroxyl groups is 1. The topological polar surface area (TPSA) is 71.5 Å². The van der Waals surface area contributed by atoms with Crippen molar-refractivity contribution in [3.8, 4) is 5.75 Å². The molecule has 0 radical (unpaired) electrons. The van der Waals surface area contributed by atoms with Crippen molar-refractivity contribution in [1.82, 2.24) is 10.3 Å². The number of amides is 1. The maximum atomic E-state index is 12.7. The molecule has 1 amide bonds. The second-order valence-electron chi connectivity index (χ2n) is 4.66. The van der Waals surface area contributed by atoms with Crippen LogP contribution in [-0.4, -0.2) is 29.1 Å². The Morgan fingerprint density at radius 3 is 2.64 bits per heavy atom. The highest BCUT2D eigenvalue weighted by molar-refractivity contribution is 5.77. The third-order valence-electron chi connectivity index (χ3n) is 2.98. The third kappa shape index (κ3) is 5.14. The van der Waals surface area contributed by atoms with Crippen LogP contribution in [0.5, 0.6) is 5.75 Å². The van der Waals surface area contributed by atoms with Crippen LogP contribution < -0.4 is 10.1 Å². The van der Waals surface area contributed by atoms with Crippen molar-refractivity contribution in [1.29, 1.82) is 0 Å². The van der Waals surface area contributed by atoms with Gasteiger partial charge in [-0.3, -0.25) is 9.78 Å². The first kappa shape index (κ1) is 15.9. The molecule has 0 aliphatic heterocycles. The number of ether oxygens (including phenoxy) is 1. The van der Waals surface area contributed by atoms with Crippen molar-refractivity contribution < 1.29 is 19.0 Å². The van der Waals surface area contributed by atoms with Gasteiger partial charge in [-0.25, -0.2) is 4.39 Å². The first-order valence-corrected chi connectivity index (χ1v) is 6.87. The van der Waals surface area contributed by atoms with Crippen molar-refractivity contribution in [2.45, 2.75) is 13.0 Å². The summed E-state index contributed by atoms with van der Waals surface area (Å²) >= 11 is 0. The molecule has 2 aromatic rings. The largest absolute Gasteiger partial charge is 0.482 e. The van der Waals surface area contributed by atoms with E-state index in [4.69, 9.17) is 9.84 Å². The van der Waals surface area contributed by atoms with Crippen LogP contribution in [-0.2, 0) is 17.8 Å². The minimum Gasteiger partial charge on any atom is -0.482 e. The van der Waals surface area contributed by atoms with E-state index in [1.807, 2.05) is 0 Å². The molecule has 0 atom stereocenters. The Morgan fingerprint density at radius 1 is 1.23 bits per heavy atom. The lowest BCUT2D eigenvalue weighted by Gasteiger charge is -2.07. The van der Waals surface area contributed by atoms with E-state index in [1.54, 1.807) is 24.3 Å². The van der Waals surface area contributed by atoms with Gasteiger partial charge in [-0.15, -0.1) is 0 Å².